The summed E-state index contributed by atoms with van der Waals surface area (Å²) in [6, 6.07) is 0. The molecule has 3 unspecified atom stereocenters. The Morgan fingerprint density at radius 2 is 0.500 bits per heavy atom. The molecule has 0 rings (SSSR count). The quantitative estimate of drug-likeness (QED) is 0.0885. The van der Waals surface area contributed by atoms with Crippen LogP contribution in [-0.2, 0) is 0 Å². The van der Waals surface area contributed by atoms with Crippen LogP contribution in [0.4, 0.5) is 0 Å². The molecule has 0 amide bonds. The summed E-state index contributed by atoms with van der Waals surface area (Å²) in [7, 11) is 0. The monoisotopic (exact) mass is 739 g/mol. The molecule has 0 spiro atoms. The predicted octanol–water partition coefficient (Wildman–Crippen LogP) is 5.96. The summed E-state index contributed by atoms with van der Waals surface area (Å²) in [5.74, 6) is 0.813. The zero-order valence-electron chi connectivity index (χ0n) is 36.1. The fraction of sp³-hybridized carbons (Fsp3) is 1.00. The zero-order valence-corrected chi connectivity index (χ0v) is 38.4. The van der Waals surface area contributed by atoms with Gasteiger partial charge >= 0.3 is 34.7 Å². The molecule has 8 heteroatoms. The molecule has 0 fully saturated rings. The Labute approximate surface area is 334 Å². The van der Waals surface area contributed by atoms with E-state index in [9.17, 15) is 30.6 Å². The van der Waals surface area contributed by atoms with Gasteiger partial charge in [0, 0.05) is 0 Å². The van der Waals surface area contributed by atoms with Gasteiger partial charge in [-0.05, 0) is 0 Å². The van der Waals surface area contributed by atoms with E-state index in [0.717, 1.165) is 116 Å². The molecule has 0 aromatic rings. The van der Waals surface area contributed by atoms with Crippen LogP contribution in [0.15, 0.2) is 0 Å². The largest absolute Gasteiger partial charge is 3.00 e. The van der Waals surface area contributed by atoms with Gasteiger partial charge in [0.15, 0.2) is 0 Å². The number of hydrogen-bond donors (Lipinski definition) is 0. The zero-order chi connectivity index (χ0) is 38.5. The minimum absolute atomic E-state index is 0. The topological polar surface area (TPSA) is 138 Å². The molecular formula is C42H84Al2O6. The second-order valence-corrected chi connectivity index (χ2v) is 18.2. The van der Waals surface area contributed by atoms with Crippen LogP contribution in [0, 0.1) is 17.8 Å². The maximum Gasteiger partial charge on any atom is 3.00 e. The van der Waals surface area contributed by atoms with Gasteiger partial charge in [0.1, 0.15) is 0 Å². The molecule has 3 atom stereocenters. The Bertz CT molecular complexity index is 634. The van der Waals surface area contributed by atoms with Crippen LogP contribution in [0.5, 0.6) is 0 Å². The molecule has 0 heterocycles. The van der Waals surface area contributed by atoms with E-state index in [4.69, 9.17) is 0 Å². The van der Waals surface area contributed by atoms with Crippen LogP contribution in [0.3, 0.4) is 0 Å². The second-order valence-electron chi connectivity index (χ2n) is 18.2. The van der Waals surface area contributed by atoms with Gasteiger partial charge < -0.3 is 30.6 Å². The van der Waals surface area contributed by atoms with Crippen molar-refractivity contribution in [1.29, 1.82) is 0 Å². The number of rotatable bonds is 24. The first kappa shape index (κ1) is 60.1. The smallest absolute Gasteiger partial charge is 0.850 e. The minimum atomic E-state index is -0.813. The summed E-state index contributed by atoms with van der Waals surface area (Å²) in [6.45, 7) is 27.4. The Morgan fingerprint density at radius 3 is 0.620 bits per heavy atom. The SMILES string of the molecule is CCC(CCCCCC(C)(C)[O-])C(C)(C)[O-].CCC(CCCCCC(C)(C)[O-])C(C)(C)[O-].CCC(CCCCCC(C)(C)[O-])C(C)(C)[O-].[Al+3].[Al+3]. The Morgan fingerprint density at radius 1 is 0.320 bits per heavy atom. The molecule has 294 valence electrons. The molecule has 6 nitrogen and oxygen atoms in total. The molecule has 0 aromatic heterocycles. The maximum absolute atomic E-state index is 11.8. The van der Waals surface area contributed by atoms with Crippen molar-refractivity contribution >= 4 is 34.7 Å². The minimum Gasteiger partial charge on any atom is -0.850 e. The van der Waals surface area contributed by atoms with Gasteiger partial charge in [0.2, 0.25) is 0 Å². The molecule has 0 aliphatic carbocycles. The van der Waals surface area contributed by atoms with Crippen LogP contribution < -0.4 is 30.6 Å². The van der Waals surface area contributed by atoms with E-state index in [0.29, 0.717) is 0 Å². The number of hydrogen-bond acceptors (Lipinski definition) is 6. The molecular weight excluding hydrogens is 654 g/mol. The Kier molecular flexibility index (Phi) is 35.0. The molecule has 0 radical (unpaired) electrons. The van der Waals surface area contributed by atoms with Crippen LogP contribution in [0.1, 0.15) is 219 Å². The van der Waals surface area contributed by atoms with Crippen molar-refractivity contribution in [2.24, 2.45) is 17.8 Å². The molecule has 0 aliphatic rings. The van der Waals surface area contributed by atoms with Gasteiger partial charge in [0.05, 0.1) is 0 Å². The molecule has 0 aromatic carbocycles. The third-order valence-electron chi connectivity index (χ3n) is 9.92. The molecule has 0 saturated heterocycles. The fourth-order valence-electron chi connectivity index (χ4n) is 6.48. The molecule has 50 heavy (non-hydrogen) atoms. The van der Waals surface area contributed by atoms with Gasteiger partial charge in [-0.15, -0.1) is 33.6 Å². The molecule has 0 saturated carbocycles. The number of unbranched alkanes of at least 4 members (excludes halogenated alkanes) is 6. The summed E-state index contributed by atoms with van der Waals surface area (Å²) in [4.78, 5) is 0. The van der Waals surface area contributed by atoms with Crippen molar-refractivity contribution in [3.05, 3.63) is 0 Å². The van der Waals surface area contributed by atoms with Gasteiger partial charge in [-0.2, -0.15) is 0 Å². The molecule has 0 N–H and O–H groups in total. The van der Waals surface area contributed by atoms with Crippen molar-refractivity contribution in [3.8, 4) is 0 Å². The van der Waals surface area contributed by atoms with E-state index >= 15 is 0 Å². The first-order chi connectivity index (χ1) is 21.5. The Balaban J connectivity index is -0.000000199. The van der Waals surface area contributed by atoms with E-state index in [2.05, 4.69) is 20.8 Å². The first-order valence-corrected chi connectivity index (χ1v) is 19.7. The van der Waals surface area contributed by atoms with Gasteiger partial charge in [-0.25, -0.2) is 0 Å². The predicted molar refractivity (Wildman–Crippen MR) is 207 cm³/mol. The average molecular weight is 739 g/mol. The maximum atomic E-state index is 11.8. The summed E-state index contributed by atoms with van der Waals surface area (Å²) in [5, 5.41) is 69.5. The van der Waals surface area contributed by atoms with Gasteiger partial charge in [0.25, 0.3) is 0 Å². The molecule has 0 bridgehead atoms. The summed E-state index contributed by atoms with van der Waals surface area (Å²) in [5.41, 5.74) is -4.81. The molecule has 0 aliphatic heterocycles. The fourth-order valence-corrected chi connectivity index (χ4v) is 6.48. The summed E-state index contributed by atoms with van der Waals surface area (Å²) >= 11 is 0. The van der Waals surface area contributed by atoms with Gasteiger partial charge in [-0.1, -0.05) is 237 Å². The average Bonchev–Trinajstić information content (AvgIpc) is 2.87. The van der Waals surface area contributed by atoms with Crippen molar-refractivity contribution in [3.63, 3.8) is 0 Å². The van der Waals surface area contributed by atoms with E-state index in [1.165, 1.54) is 0 Å². The standard InChI is InChI=1S/3C14H28O2.2Al/c3*1-6-12(14(4,5)16)10-8-7-9-11-13(2,3)15;;/h3*12H,6-11H2,1-5H3;;/q3*-2;2*+3. The van der Waals surface area contributed by atoms with Crippen molar-refractivity contribution in [1.82, 2.24) is 0 Å². The van der Waals surface area contributed by atoms with Crippen LogP contribution in [0.2, 0.25) is 0 Å². The van der Waals surface area contributed by atoms with Crippen LogP contribution in [0.25, 0.3) is 0 Å². The van der Waals surface area contributed by atoms with Crippen LogP contribution >= 0.6 is 0 Å². The van der Waals surface area contributed by atoms with Gasteiger partial charge in [-0.3, -0.25) is 0 Å². The van der Waals surface area contributed by atoms with E-state index in [1.807, 2.05) is 0 Å². The Hall–Kier alpha value is 0.825. The summed E-state index contributed by atoms with van der Waals surface area (Å²) < 4.78 is 0. The van der Waals surface area contributed by atoms with E-state index in [1.54, 1.807) is 83.1 Å². The normalized spacial score (nSPS) is 14.6. The first-order valence-electron chi connectivity index (χ1n) is 19.7. The van der Waals surface area contributed by atoms with Crippen molar-refractivity contribution in [2.45, 2.75) is 253 Å². The summed E-state index contributed by atoms with van der Waals surface area (Å²) in [6.07, 6.45) is 17.6. The third-order valence-corrected chi connectivity index (χ3v) is 9.92. The van der Waals surface area contributed by atoms with Crippen LogP contribution in [-0.4, -0.2) is 68.3 Å². The van der Waals surface area contributed by atoms with Crippen molar-refractivity contribution in [2.75, 3.05) is 0 Å². The second kappa shape index (κ2) is 29.2. The van der Waals surface area contributed by atoms with E-state index in [-0.39, 0.29) is 52.5 Å². The van der Waals surface area contributed by atoms with E-state index < -0.39 is 33.6 Å². The van der Waals surface area contributed by atoms with Crippen molar-refractivity contribution < 1.29 is 30.6 Å². The third kappa shape index (κ3) is 41.6.